The number of fused-ring (bicyclic) bond motifs is 20. The number of furan rings is 1. The van der Waals surface area contributed by atoms with E-state index in [0.717, 1.165) is 21.9 Å². The maximum atomic E-state index is 6.81. The number of nitrogens with zero attached hydrogens (tertiary/aromatic N) is 2. The van der Waals surface area contributed by atoms with E-state index < -0.39 is 0 Å². The van der Waals surface area contributed by atoms with Gasteiger partial charge < -0.3 is 13.8 Å². The van der Waals surface area contributed by atoms with Gasteiger partial charge in [-0.2, -0.15) is 0 Å². The second-order valence-corrected chi connectivity index (χ2v) is 26.5. The van der Waals surface area contributed by atoms with Crippen LogP contribution in [0.4, 0.5) is 11.4 Å². The number of thiophene rings is 2. The predicted molar refractivity (Wildman–Crippen MR) is 306 cm³/mol. The van der Waals surface area contributed by atoms with Crippen LogP contribution in [-0.2, 0) is 21.7 Å². The summed E-state index contributed by atoms with van der Waals surface area (Å²) in [6.45, 7) is 23.7. The first-order valence-corrected chi connectivity index (χ1v) is 26.9. The van der Waals surface area contributed by atoms with Crippen LogP contribution in [0.15, 0.2) is 132 Å². The van der Waals surface area contributed by atoms with Gasteiger partial charge in [-0.3, -0.25) is 0 Å². The lowest BCUT2D eigenvalue weighted by molar-refractivity contribution is 0.332. The van der Waals surface area contributed by atoms with Crippen LogP contribution in [0.3, 0.4) is 0 Å². The van der Waals surface area contributed by atoms with Crippen molar-refractivity contribution in [3.05, 3.63) is 150 Å². The molecule has 0 spiro atoms. The van der Waals surface area contributed by atoms with Crippen molar-refractivity contribution in [1.82, 2.24) is 4.57 Å². The van der Waals surface area contributed by atoms with Crippen molar-refractivity contribution in [2.45, 2.75) is 104 Å². The Morgan fingerprint density at radius 3 is 1.97 bits per heavy atom. The first-order valence-electron chi connectivity index (χ1n) is 25.3. The van der Waals surface area contributed by atoms with Gasteiger partial charge in [-0.25, -0.2) is 0 Å². The van der Waals surface area contributed by atoms with Crippen molar-refractivity contribution < 1.29 is 4.42 Å². The first kappa shape index (κ1) is 41.4. The summed E-state index contributed by atoms with van der Waals surface area (Å²) < 4.78 is 14.9. The summed E-state index contributed by atoms with van der Waals surface area (Å²) in [4.78, 5) is 2.74. The van der Waals surface area contributed by atoms with Gasteiger partial charge in [0.15, 0.2) is 0 Å². The SMILES string of the molecule is CC(C)(C)c1ccc(N2B3c4cc5c(cc4-n4c6ccc(C(C)(C)C)cc6c6c7c(sc8ccccc87)c(c3c64)-c3cc4sc6cc7c(cc6c4cc32)C(C)(C)CCC7(C)C)oc2ccccc25)cc1. The molecule has 6 heterocycles. The van der Waals surface area contributed by atoms with Gasteiger partial charge in [0.25, 0.3) is 0 Å². The molecule has 70 heavy (non-hydrogen) atoms. The molecular formula is C64H55BN2OS2. The first-order chi connectivity index (χ1) is 33.4. The molecule has 0 unspecified atom stereocenters. The number of para-hydroxylation sites is 1. The Kier molecular flexibility index (Phi) is 7.90. The number of aromatic nitrogens is 1. The van der Waals surface area contributed by atoms with E-state index >= 15 is 0 Å². The molecule has 8 aromatic carbocycles. The third-order valence-electron chi connectivity index (χ3n) is 17.1. The van der Waals surface area contributed by atoms with Crippen LogP contribution in [0.1, 0.15) is 104 Å². The highest BCUT2D eigenvalue weighted by atomic mass is 32.1. The van der Waals surface area contributed by atoms with Crippen molar-refractivity contribution in [3.8, 4) is 16.8 Å². The molecule has 0 N–H and O–H groups in total. The van der Waals surface area contributed by atoms with E-state index in [9.17, 15) is 0 Å². The van der Waals surface area contributed by atoms with E-state index in [1.165, 1.54) is 136 Å². The topological polar surface area (TPSA) is 21.3 Å². The van der Waals surface area contributed by atoms with E-state index in [1.54, 1.807) is 0 Å². The van der Waals surface area contributed by atoms with Gasteiger partial charge in [0.05, 0.1) is 11.0 Å². The van der Waals surface area contributed by atoms with Crippen molar-refractivity contribution in [3.63, 3.8) is 0 Å². The summed E-state index contributed by atoms with van der Waals surface area (Å²) in [5.74, 6) is 0. The molecular weight excluding hydrogens is 888 g/mol. The van der Waals surface area contributed by atoms with Gasteiger partial charge in [-0.1, -0.05) is 130 Å². The third kappa shape index (κ3) is 5.37. The van der Waals surface area contributed by atoms with Crippen LogP contribution in [0.5, 0.6) is 0 Å². The summed E-state index contributed by atoms with van der Waals surface area (Å²) in [5.41, 5.74) is 19.4. The van der Waals surface area contributed by atoms with Crippen LogP contribution in [0.2, 0.25) is 0 Å². The fourth-order valence-corrected chi connectivity index (χ4v) is 15.6. The fourth-order valence-electron chi connectivity index (χ4n) is 13.2. The fraction of sp³-hybridized carbons (Fsp3) is 0.250. The van der Waals surface area contributed by atoms with Crippen LogP contribution in [-0.4, -0.2) is 11.4 Å². The summed E-state index contributed by atoms with van der Waals surface area (Å²) in [5, 5.41) is 10.4. The average molecular weight is 943 g/mol. The van der Waals surface area contributed by atoms with Gasteiger partial charge in [0.1, 0.15) is 11.2 Å². The van der Waals surface area contributed by atoms with Gasteiger partial charge in [0.2, 0.25) is 0 Å². The number of hydrogen-bond donors (Lipinski definition) is 0. The van der Waals surface area contributed by atoms with E-state index in [4.69, 9.17) is 4.42 Å². The molecule has 2 aliphatic heterocycles. The second kappa shape index (κ2) is 13.3. The Balaban J connectivity index is 1.16. The maximum Gasteiger partial charge on any atom is 0.333 e. The zero-order valence-electron chi connectivity index (χ0n) is 41.7. The Labute approximate surface area is 417 Å². The van der Waals surface area contributed by atoms with Crippen molar-refractivity contribution >= 4 is 136 Å². The minimum Gasteiger partial charge on any atom is -0.456 e. The highest BCUT2D eigenvalue weighted by molar-refractivity contribution is 7.27. The quantitative estimate of drug-likeness (QED) is 0.153. The molecule has 12 aromatic rings. The number of rotatable bonds is 1. The Morgan fingerprint density at radius 2 is 1.21 bits per heavy atom. The van der Waals surface area contributed by atoms with Crippen LogP contribution >= 0.6 is 22.7 Å². The van der Waals surface area contributed by atoms with E-state index in [2.05, 4.69) is 206 Å². The maximum absolute atomic E-state index is 6.81. The van der Waals surface area contributed by atoms with Gasteiger partial charge in [-0.05, 0) is 128 Å². The highest BCUT2D eigenvalue weighted by Gasteiger charge is 2.47. The standard InChI is InChI=1S/C64H55BN2OS2/c1-61(2,3)34-19-22-36(23-20-34)67-48-30-41-40-28-44-45(64(9,10)26-25-63(44,7)8)32-54(40)69-53(41)31-43(48)57-58-59-55(56-38-16-12-14-18-52(38)70-60(56)57)42-27-35(62(4,5)6)21-24-47(42)66(59)49-33-51-39(29-46(49)65(58)67)37-15-11-13-17-50(37)68-51/h11-24,27-33H,25-26H2,1-10H3. The summed E-state index contributed by atoms with van der Waals surface area (Å²) in [7, 11) is 0. The number of benzene rings is 8. The lowest BCUT2D eigenvalue weighted by atomic mass is 9.43. The van der Waals surface area contributed by atoms with E-state index in [0.29, 0.717) is 0 Å². The Morgan fingerprint density at radius 1 is 0.543 bits per heavy atom. The molecule has 1 aliphatic carbocycles. The number of anilines is 2. The molecule has 342 valence electrons. The highest BCUT2D eigenvalue weighted by Crippen LogP contribution is 2.56. The molecule has 6 heteroatoms. The minimum absolute atomic E-state index is 0.0192. The lowest BCUT2D eigenvalue weighted by Crippen LogP contribution is -2.60. The second-order valence-electron chi connectivity index (χ2n) is 24.3. The molecule has 0 amide bonds. The molecule has 4 aromatic heterocycles. The van der Waals surface area contributed by atoms with Gasteiger partial charge >= 0.3 is 6.85 Å². The number of hydrogen-bond acceptors (Lipinski definition) is 4. The molecule has 0 saturated carbocycles. The molecule has 3 nitrogen and oxygen atoms in total. The van der Waals surface area contributed by atoms with Gasteiger partial charge in [0, 0.05) is 96.1 Å². The van der Waals surface area contributed by atoms with Gasteiger partial charge in [-0.15, -0.1) is 22.7 Å². The molecule has 3 aliphatic rings. The molecule has 15 rings (SSSR count). The summed E-state index contributed by atoms with van der Waals surface area (Å²) in [6.07, 6.45) is 2.40. The molecule has 0 radical (unpaired) electrons. The summed E-state index contributed by atoms with van der Waals surface area (Å²) in [6, 6.07) is 49.9. The van der Waals surface area contributed by atoms with E-state index in [1.807, 2.05) is 22.7 Å². The molecule has 0 atom stereocenters. The molecule has 0 bridgehead atoms. The summed E-state index contributed by atoms with van der Waals surface area (Å²) >= 11 is 3.97. The monoisotopic (exact) mass is 942 g/mol. The lowest BCUT2D eigenvalue weighted by Gasteiger charge is -2.42. The van der Waals surface area contributed by atoms with Crippen molar-refractivity contribution in [2.75, 3.05) is 4.81 Å². The van der Waals surface area contributed by atoms with Crippen LogP contribution < -0.4 is 15.7 Å². The zero-order valence-corrected chi connectivity index (χ0v) is 43.4. The average Bonchev–Trinajstić information content (AvgIpc) is 4.09. The van der Waals surface area contributed by atoms with Crippen LogP contribution in [0.25, 0.3) is 101 Å². The molecule has 0 fully saturated rings. The Bertz CT molecular complexity index is 4330. The Hall–Kier alpha value is -6.34. The third-order valence-corrected chi connectivity index (χ3v) is 19.4. The normalized spacial score (nSPS) is 16.2. The smallest absolute Gasteiger partial charge is 0.333 e. The van der Waals surface area contributed by atoms with Crippen molar-refractivity contribution in [2.24, 2.45) is 0 Å². The predicted octanol–water partition coefficient (Wildman–Crippen LogP) is 17.6. The largest absolute Gasteiger partial charge is 0.456 e. The molecule has 0 saturated heterocycles. The van der Waals surface area contributed by atoms with Crippen molar-refractivity contribution in [1.29, 1.82) is 0 Å². The minimum atomic E-state index is -0.137. The van der Waals surface area contributed by atoms with E-state index in [-0.39, 0.29) is 28.5 Å². The van der Waals surface area contributed by atoms with Crippen LogP contribution in [0, 0.1) is 0 Å². The zero-order chi connectivity index (χ0) is 47.7.